The Balaban J connectivity index is 1.92. The quantitative estimate of drug-likeness (QED) is 0.652. The molecule has 1 amide bonds. The summed E-state index contributed by atoms with van der Waals surface area (Å²) in [6, 6.07) is 5.97. The molecule has 32 heavy (non-hydrogen) atoms. The third-order valence-electron chi connectivity index (χ3n) is 5.65. The number of halogens is 1. The molecule has 3 aromatic rings. The van der Waals surface area contributed by atoms with E-state index in [1.54, 1.807) is 38.6 Å². The molecule has 0 spiro atoms. The largest absolute Gasteiger partial charge is 0.496 e. The van der Waals surface area contributed by atoms with Crippen molar-refractivity contribution in [2.75, 3.05) is 19.4 Å². The number of ether oxygens (including phenoxy) is 1. The van der Waals surface area contributed by atoms with Gasteiger partial charge in [-0.1, -0.05) is 19.9 Å². The normalized spacial score (nSPS) is 15.8. The number of amides is 1. The van der Waals surface area contributed by atoms with Crippen molar-refractivity contribution in [1.29, 1.82) is 0 Å². The van der Waals surface area contributed by atoms with Gasteiger partial charge in [-0.25, -0.2) is 14.4 Å². The zero-order valence-electron chi connectivity index (χ0n) is 18.6. The van der Waals surface area contributed by atoms with E-state index >= 15 is 0 Å². The second-order valence-electron chi connectivity index (χ2n) is 8.37. The Labute approximate surface area is 186 Å². The molecule has 1 atom stereocenters. The zero-order chi connectivity index (χ0) is 23.0. The molecule has 0 radical (unpaired) electrons. The maximum absolute atomic E-state index is 14.4. The maximum atomic E-state index is 14.4. The Kier molecular flexibility index (Phi) is 5.78. The Morgan fingerprint density at radius 1 is 1.25 bits per heavy atom. The first-order valence-corrected chi connectivity index (χ1v) is 10.5. The van der Waals surface area contributed by atoms with Gasteiger partial charge in [0, 0.05) is 30.9 Å². The van der Waals surface area contributed by atoms with Gasteiger partial charge in [-0.2, -0.15) is 0 Å². The molecule has 0 saturated heterocycles. The Hall–Kier alpha value is -3.55. The van der Waals surface area contributed by atoms with Crippen molar-refractivity contribution < 1.29 is 13.9 Å². The summed E-state index contributed by atoms with van der Waals surface area (Å²) in [7, 11) is 1.56. The SMILES string of the molecule is COc1ccncc1-c1cc(F)ccc1[C@H]1Cc2nc(N)nc(C)c2C(=O)N1CC(C)C. The lowest BCUT2D eigenvalue weighted by Crippen LogP contribution is -2.43. The molecule has 8 heteroatoms. The van der Waals surface area contributed by atoms with Gasteiger partial charge < -0.3 is 15.4 Å². The first kappa shape index (κ1) is 21.7. The molecule has 166 valence electrons. The summed E-state index contributed by atoms with van der Waals surface area (Å²) in [6.07, 6.45) is 3.71. The smallest absolute Gasteiger partial charge is 0.258 e. The molecule has 2 N–H and O–H groups in total. The minimum absolute atomic E-state index is 0.137. The van der Waals surface area contributed by atoms with Gasteiger partial charge in [-0.05, 0) is 42.2 Å². The Bertz CT molecular complexity index is 1180. The van der Waals surface area contributed by atoms with E-state index < -0.39 is 0 Å². The summed E-state index contributed by atoms with van der Waals surface area (Å²) in [5, 5.41) is 0. The number of rotatable bonds is 5. The second-order valence-corrected chi connectivity index (χ2v) is 8.37. The molecular formula is C24H26FN5O2. The summed E-state index contributed by atoms with van der Waals surface area (Å²) in [6.45, 7) is 6.42. The number of hydrogen-bond acceptors (Lipinski definition) is 6. The monoisotopic (exact) mass is 435 g/mol. The van der Waals surface area contributed by atoms with Crippen molar-refractivity contribution in [3.8, 4) is 16.9 Å². The van der Waals surface area contributed by atoms with Crippen LogP contribution in [0, 0.1) is 18.7 Å². The highest BCUT2D eigenvalue weighted by Gasteiger charge is 2.37. The summed E-state index contributed by atoms with van der Waals surface area (Å²) in [4.78, 5) is 28.2. The minimum Gasteiger partial charge on any atom is -0.496 e. The molecule has 0 fully saturated rings. The number of hydrogen-bond donors (Lipinski definition) is 1. The highest BCUT2D eigenvalue weighted by Crippen LogP contribution is 2.41. The zero-order valence-corrected chi connectivity index (χ0v) is 18.6. The van der Waals surface area contributed by atoms with E-state index in [9.17, 15) is 9.18 Å². The number of pyridine rings is 1. The number of nitrogens with two attached hydrogens (primary N) is 1. The van der Waals surface area contributed by atoms with Crippen molar-refractivity contribution in [2.45, 2.75) is 33.2 Å². The molecule has 0 bridgehead atoms. The topological polar surface area (TPSA) is 94.2 Å². The van der Waals surface area contributed by atoms with Crippen molar-refractivity contribution in [2.24, 2.45) is 5.92 Å². The number of methoxy groups -OCH3 is 1. The molecule has 4 rings (SSSR count). The number of aromatic nitrogens is 3. The van der Waals surface area contributed by atoms with Crippen LogP contribution in [0.2, 0.25) is 0 Å². The van der Waals surface area contributed by atoms with Gasteiger partial charge in [-0.15, -0.1) is 0 Å². The first-order valence-electron chi connectivity index (χ1n) is 10.5. The van der Waals surface area contributed by atoms with Crippen LogP contribution in [0.1, 0.15) is 47.2 Å². The summed E-state index contributed by atoms with van der Waals surface area (Å²) >= 11 is 0. The lowest BCUT2D eigenvalue weighted by atomic mass is 9.87. The van der Waals surface area contributed by atoms with E-state index in [2.05, 4.69) is 28.8 Å². The van der Waals surface area contributed by atoms with Crippen molar-refractivity contribution in [1.82, 2.24) is 19.9 Å². The molecular weight excluding hydrogens is 409 g/mol. The number of benzene rings is 1. The fraction of sp³-hybridized carbons (Fsp3) is 0.333. The van der Waals surface area contributed by atoms with Crippen LogP contribution in [-0.2, 0) is 6.42 Å². The third kappa shape index (κ3) is 3.88. The average Bonchev–Trinajstić information content (AvgIpc) is 2.74. The summed E-state index contributed by atoms with van der Waals surface area (Å²) in [5.41, 5.74) is 9.65. The van der Waals surface area contributed by atoms with Crippen molar-refractivity contribution >= 4 is 11.9 Å². The highest BCUT2D eigenvalue weighted by molar-refractivity contribution is 5.98. The molecule has 7 nitrogen and oxygen atoms in total. The number of nitrogens with zero attached hydrogens (tertiary/aromatic N) is 4. The molecule has 0 aliphatic carbocycles. The van der Waals surface area contributed by atoms with E-state index in [0.717, 1.165) is 5.56 Å². The average molecular weight is 436 g/mol. The predicted molar refractivity (Wildman–Crippen MR) is 120 cm³/mol. The highest BCUT2D eigenvalue weighted by atomic mass is 19.1. The molecule has 1 aliphatic rings. The van der Waals surface area contributed by atoms with Crippen LogP contribution in [0.25, 0.3) is 11.1 Å². The molecule has 1 aliphatic heterocycles. The summed E-state index contributed by atoms with van der Waals surface area (Å²) < 4.78 is 19.9. The van der Waals surface area contributed by atoms with E-state index in [1.165, 1.54) is 12.1 Å². The number of aryl methyl sites for hydroxylation is 1. The number of fused-ring (bicyclic) bond motifs is 1. The van der Waals surface area contributed by atoms with Crippen LogP contribution < -0.4 is 10.5 Å². The van der Waals surface area contributed by atoms with Gasteiger partial charge in [0.15, 0.2) is 0 Å². The number of nitrogen functional groups attached to an aromatic ring is 1. The minimum atomic E-state index is -0.380. The fourth-order valence-corrected chi connectivity index (χ4v) is 4.36. The van der Waals surface area contributed by atoms with Crippen molar-refractivity contribution in [3.05, 3.63) is 65.0 Å². The Morgan fingerprint density at radius 3 is 2.75 bits per heavy atom. The molecule has 2 aromatic heterocycles. The lowest BCUT2D eigenvalue weighted by molar-refractivity contribution is 0.0615. The van der Waals surface area contributed by atoms with E-state index in [1.807, 2.05) is 4.90 Å². The molecule has 3 heterocycles. The number of carbonyl (C=O) groups is 1. The van der Waals surface area contributed by atoms with E-state index in [0.29, 0.717) is 46.8 Å². The maximum Gasteiger partial charge on any atom is 0.258 e. The fourth-order valence-electron chi connectivity index (χ4n) is 4.36. The van der Waals surface area contributed by atoms with Crippen LogP contribution >= 0.6 is 0 Å². The van der Waals surface area contributed by atoms with Gasteiger partial charge >= 0.3 is 0 Å². The van der Waals surface area contributed by atoms with Crippen molar-refractivity contribution in [3.63, 3.8) is 0 Å². The third-order valence-corrected chi connectivity index (χ3v) is 5.65. The van der Waals surface area contributed by atoms with Crippen LogP contribution in [0.5, 0.6) is 5.75 Å². The van der Waals surface area contributed by atoms with Crippen LogP contribution in [0.15, 0.2) is 36.7 Å². The first-order chi connectivity index (χ1) is 15.3. The van der Waals surface area contributed by atoms with Gasteiger partial charge in [0.05, 0.1) is 30.1 Å². The Morgan fingerprint density at radius 2 is 2.03 bits per heavy atom. The van der Waals surface area contributed by atoms with Crippen LogP contribution in [0.3, 0.4) is 0 Å². The molecule has 0 unspecified atom stereocenters. The van der Waals surface area contributed by atoms with E-state index in [-0.39, 0.29) is 29.6 Å². The molecule has 0 saturated carbocycles. The van der Waals surface area contributed by atoms with Gasteiger partial charge in [0.2, 0.25) is 5.95 Å². The summed E-state index contributed by atoms with van der Waals surface area (Å²) in [5.74, 6) is 0.423. The standard InChI is InChI=1S/C24H26FN5O2/c1-13(2)12-30-20(10-19-22(23(30)31)14(3)28-24(26)29-19)16-6-5-15(25)9-17(16)18-11-27-8-7-21(18)32-4/h5-9,11,13,20H,10,12H2,1-4H3,(H2,26,28,29)/t20-/m1/s1. The van der Waals surface area contributed by atoms with Gasteiger partial charge in [-0.3, -0.25) is 9.78 Å². The second kappa shape index (κ2) is 8.53. The lowest BCUT2D eigenvalue weighted by Gasteiger charge is -2.38. The predicted octanol–water partition coefficient (Wildman–Crippen LogP) is 3.97. The van der Waals surface area contributed by atoms with Gasteiger partial charge in [0.1, 0.15) is 11.6 Å². The molecule has 1 aromatic carbocycles. The number of carbonyl (C=O) groups excluding carboxylic acids is 1. The number of anilines is 1. The van der Waals surface area contributed by atoms with Crippen LogP contribution in [-0.4, -0.2) is 39.4 Å². The van der Waals surface area contributed by atoms with E-state index in [4.69, 9.17) is 10.5 Å². The van der Waals surface area contributed by atoms with Gasteiger partial charge in [0.25, 0.3) is 5.91 Å². The van der Waals surface area contributed by atoms with Crippen LogP contribution in [0.4, 0.5) is 10.3 Å².